The summed E-state index contributed by atoms with van der Waals surface area (Å²) in [5.74, 6) is -0.446. The zero-order valence-electron chi connectivity index (χ0n) is 11.3. The SMILES string of the molecule is NC(=O)C1CNCCN1CC(=O)NCCc1cccs1. The number of piperazine rings is 1. The van der Waals surface area contributed by atoms with Crippen LogP contribution < -0.4 is 16.4 Å². The topological polar surface area (TPSA) is 87.5 Å². The Morgan fingerprint density at radius 1 is 1.55 bits per heavy atom. The number of nitrogens with one attached hydrogen (secondary N) is 2. The first kappa shape index (κ1) is 15.0. The van der Waals surface area contributed by atoms with Crippen LogP contribution in [0.15, 0.2) is 17.5 Å². The molecule has 0 aromatic carbocycles. The second-order valence-corrected chi connectivity index (χ2v) is 5.80. The lowest BCUT2D eigenvalue weighted by Gasteiger charge is -2.33. The Balaban J connectivity index is 1.73. The first-order chi connectivity index (χ1) is 9.66. The number of amides is 2. The molecule has 7 heteroatoms. The van der Waals surface area contributed by atoms with Crippen LogP contribution >= 0.6 is 11.3 Å². The zero-order valence-corrected chi connectivity index (χ0v) is 12.1. The maximum absolute atomic E-state index is 11.9. The summed E-state index contributed by atoms with van der Waals surface area (Å²) in [5.41, 5.74) is 5.35. The van der Waals surface area contributed by atoms with Crippen LogP contribution in [0.25, 0.3) is 0 Å². The van der Waals surface area contributed by atoms with Crippen LogP contribution in [0.5, 0.6) is 0 Å². The molecule has 2 heterocycles. The Morgan fingerprint density at radius 3 is 3.10 bits per heavy atom. The van der Waals surface area contributed by atoms with Gasteiger partial charge in [0.15, 0.2) is 0 Å². The predicted octanol–water partition coefficient (Wildman–Crippen LogP) is -0.834. The van der Waals surface area contributed by atoms with Crippen LogP contribution in [0.3, 0.4) is 0 Å². The van der Waals surface area contributed by atoms with E-state index in [4.69, 9.17) is 5.73 Å². The van der Waals surface area contributed by atoms with E-state index in [0.717, 1.165) is 13.0 Å². The van der Waals surface area contributed by atoms with Crippen LogP contribution in [0.1, 0.15) is 4.88 Å². The molecular weight excluding hydrogens is 276 g/mol. The molecule has 2 amide bonds. The summed E-state index contributed by atoms with van der Waals surface area (Å²) in [7, 11) is 0. The predicted molar refractivity (Wildman–Crippen MR) is 78.5 cm³/mol. The second-order valence-electron chi connectivity index (χ2n) is 4.77. The summed E-state index contributed by atoms with van der Waals surface area (Å²) in [5, 5.41) is 8.01. The van der Waals surface area contributed by atoms with Crippen molar-refractivity contribution in [1.29, 1.82) is 0 Å². The van der Waals surface area contributed by atoms with E-state index in [1.807, 2.05) is 16.3 Å². The third kappa shape index (κ3) is 4.29. The van der Waals surface area contributed by atoms with E-state index in [2.05, 4.69) is 16.7 Å². The molecular formula is C13H20N4O2S. The Bertz CT molecular complexity index is 449. The standard InChI is InChI=1S/C13H20N4O2S/c14-13(19)11-8-15-5-6-17(11)9-12(18)16-4-3-10-2-1-7-20-10/h1-2,7,11,15H,3-6,8-9H2,(H2,14,19)(H,16,18). The van der Waals surface area contributed by atoms with Gasteiger partial charge in [0.05, 0.1) is 6.54 Å². The molecule has 1 atom stereocenters. The van der Waals surface area contributed by atoms with Crippen molar-refractivity contribution in [3.8, 4) is 0 Å². The summed E-state index contributed by atoms with van der Waals surface area (Å²) in [6.45, 7) is 2.78. The Morgan fingerprint density at radius 2 is 2.40 bits per heavy atom. The smallest absolute Gasteiger partial charge is 0.236 e. The molecule has 0 aliphatic carbocycles. The molecule has 1 aliphatic rings. The molecule has 20 heavy (non-hydrogen) atoms. The summed E-state index contributed by atoms with van der Waals surface area (Å²) in [6, 6.07) is 3.66. The van der Waals surface area contributed by atoms with E-state index in [9.17, 15) is 9.59 Å². The lowest BCUT2D eigenvalue weighted by Crippen LogP contribution is -2.58. The Kier molecular flexibility index (Phi) is 5.51. The van der Waals surface area contributed by atoms with Gasteiger partial charge in [0.1, 0.15) is 6.04 Å². The highest BCUT2D eigenvalue weighted by Gasteiger charge is 2.27. The molecule has 1 aliphatic heterocycles. The lowest BCUT2D eigenvalue weighted by molar-refractivity contribution is -0.127. The molecule has 1 aromatic heterocycles. The third-order valence-corrected chi connectivity index (χ3v) is 4.24. The number of hydrogen-bond acceptors (Lipinski definition) is 5. The average molecular weight is 296 g/mol. The van der Waals surface area contributed by atoms with Crippen molar-refractivity contribution in [2.24, 2.45) is 5.73 Å². The second kappa shape index (κ2) is 7.37. The molecule has 4 N–H and O–H groups in total. The van der Waals surface area contributed by atoms with E-state index in [1.54, 1.807) is 11.3 Å². The van der Waals surface area contributed by atoms with Crippen LogP contribution in [-0.4, -0.2) is 55.5 Å². The van der Waals surface area contributed by atoms with Crippen molar-refractivity contribution in [1.82, 2.24) is 15.5 Å². The van der Waals surface area contributed by atoms with Crippen molar-refractivity contribution >= 4 is 23.2 Å². The summed E-state index contributed by atoms with van der Waals surface area (Å²) < 4.78 is 0. The first-order valence-electron chi connectivity index (χ1n) is 6.70. The van der Waals surface area contributed by atoms with E-state index in [-0.39, 0.29) is 18.4 Å². The van der Waals surface area contributed by atoms with Crippen molar-refractivity contribution < 1.29 is 9.59 Å². The van der Waals surface area contributed by atoms with Gasteiger partial charge in [0, 0.05) is 31.1 Å². The maximum atomic E-state index is 11.9. The quantitative estimate of drug-likeness (QED) is 0.639. The fourth-order valence-corrected chi connectivity index (χ4v) is 2.95. The molecule has 1 unspecified atom stereocenters. The number of thiophene rings is 1. The monoisotopic (exact) mass is 296 g/mol. The van der Waals surface area contributed by atoms with Gasteiger partial charge in [-0.2, -0.15) is 0 Å². The van der Waals surface area contributed by atoms with Gasteiger partial charge in [-0.3, -0.25) is 14.5 Å². The fraction of sp³-hybridized carbons (Fsp3) is 0.538. The summed E-state index contributed by atoms with van der Waals surface area (Å²) >= 11 is 1.68. The highest BCUT2D eigenvalue weighted by Crippen LogP contribution is 2.08. The molecule has 0 saturated carbocycles. The normalized spacial score (nSPS) is 19.7. The number of primary amides is 1. The van der Waals surface area contributed by atoms with Crippen LogP contribution in [0.2, 0.25) is 0 Å². The molecule has 0 spiro atoms. The minimum absolute atomic E-state index is 0.0605. The minimum atomic E-state index is -0.396. The fourth-order valence-electron chi connectivity index (χ4n) is 2.24. The molecule has 1 fully saturated rings. The Labute approximate surface area is 122 Å². The van der Waals surface area contributed by atoms with Crippen molar-refractivity contribution in [2.45, 2.75) is 12.5 Å². The minimum Gasteiger partial charge on any atom is -0.368 e. The van der Waals surface area contributed by atoms with Crippen molar-refractivity contribution in [2.75, 3.05) is 32.7 Å². The van der Waals surface area contributed by atoms with Crippen molar-refractivity contribution in [3.05, 3.63) is 22.4 Å². The lowest BCUT2D eigenvalue weighted by atomic mass is 10.2. The van der Waals surface area contributed by atoms with Gasteiger partial charge in [-0.05, 0) is 17.9 Å². The van der Waals surface area contributed by atoms with Crippen LogP contribution in [0, 0.1) is 0 Å². The molecule has 1 saturated heterocycles. The highest BCUT2D eigenvalue weighted by atomic mass is 32.1. The number of carbonyl (C=O) groups is 2. The molecule has 110 valence electrons. The van der Waals surface area contributed by atoms with Gasteiger partial charge in [-0.15, -0.1) is 11.3 Å². The third-order valence-electron chi connectivity index (χ3n) is 3.30. The van der Waals surface area contributed by atoms with Gasteiger partial charge in [0.2, 0.25) is 11.8 Å². The van der Waals surface area contributed by atoms with Crippen molar-refractivity contribution in [3.63, 3.8) is 0 Å². The Hall–Kier alpha value is -1.44. The number of hydrogen-bond donors (Lipinski definition) is 3. The van der Waals surface area contributed by atoms with Crippen LogP contribution in [0.4, 0.5) is 0 Å². The number of nitrogens with zero attached hydrogens (tertiary/aromatic N) is 1. The first-order valence-corrected chi connectivity index (χ1v) is 7.58. The molecule has 1 aromatic rings. The van der Waals surface area contributed by atoms with E-state index in [1.165, 1.54) is 4.88 Å². The molecule has 2 rings (SSSR count). The maximum Gasteiger partial charge on any atom is 0.236 e. The number of carbonyl (C=O) groups excluding carboxylic acids is 2. The highest BCUT2D eigenvalue weighted by molar-refractivity contribution is 7.09. The largest absolute Gasteiger partial charge is 0.368 e. The van der Waals surface area contributed by atoms with Gasteiger partial charge < -0.3 is 16.4 Å². The summed E-state index contributed by atoms with van der Waals surface area (Å²) in [4.78, 5) is 26.3. The average Bonchev–Trinajstić information content (AvgIpc) is 2.92. The number of nitrogens with two attached hydrogens (primary N) is 1. The van der Waals surface area contributed by atoms with E-state index >= 15 is 0 Å². The van der Waals surface area contributed by atoms with E-state index in [0.29, 0.717) is 19.6 Å². The van der Waals surface area contributed by atoms with Gasteiger partial charge >= 0.3 is 0 Å². The van der Waals surface area contributed by atoms with Gasteiger partial charge in [-0.1, -0.05) is 6.07 Å². The van der Waals surface area contributed by atoms with Gasteiger partial charge in [-0.25, -0.2) is 0 Å². The van der Waals surface area contributed by atoms with E-state index < -0.39 is 6.04 Å². The molecule has 0 radical (unpaired) electrons. The van der Waals surface area contributed by atoms with Crippen LogP contribution in [-0.2, 0) is 16.0 Å². The zero-order chi connectivity index (χ0) is 14.4. The number of rotatable bonds is 6. The molecule has 6 nitrogen and oxygen atoms in total. The molecule has 0 bridgehead atoms. The summed E-state index contributed by atoms with van der Waals surface area (Å²) in [6.07, 6.45) is 0.838. The van der Waals surface area contributed by atoms with Gasteiger partial charge in [0.25, 0.3) is 0 Å².